The van der Waals surface area contributed by atoms with Gasteiger partial charge in [-0.1, -0.05) is 5.92 Å². The van der Waals surface area contributed by atoms with Gasteiger partial charge in [-0.05, 0) is 12.8 Å². The van der Waals surface area contributed by atoms with Crippen LogP contribution in [-0.2, 0) is 0 Å². The van der Waals surface area contributed by atoms with Crippen LogP contribution in [0.1, 0.15) is 19.3 Å². The molecule has 1 rings (SSSR count). The lowest BCUT2D eigenvalue weighted by molar-refractivity contribution is 0.712. The maximum Gasteiger partial charge on any atom is 0.0963 e. The van der Waals surface area contributed by atoms with Crippen LogP contribution in [0.15, 0.2) is 4.99 Å². The fraction of sp³-hybridized carbons (Fsp3) is 0.700. The third kappa shape index (κ3) is 4.84. The summed E-state index contributed by atoms with van der Waals surface area (Å²) in [5.74, 6) is 5.68. The van der Waals surface area contributed by atoms with E-state index >= 15 is 0 Å². The summed E-state index contributed by atoms with van der Waals surface area (Å²) in [6, 6.07) is 0. The summed E-state index contributed by atoms with van der Waals surface area (Å²) in [5.41, 5.74) is 0. The first kappa shape index (κ1) is 10.5. The largest absolute Gasteiger partial charge is 0.373 e. The van der Waals surface area contributed by atoms with E-state index in [2.05, 4.69) is 16.2 Å². The molecule has 1 heterocycles. The molecular formula is C10H16N2S. The van der Waals surface area contributed by atoms with Gasteiger partial charge in [-0.3, -0.25) is 4.99 Å². The number of terminal acetylenes is 1. The molecule has 0 aromatic heterocycles. The van der Waals surface area contributed by atoms with Crippen LogP contribution in [0, 0.1) is 12.3 Å². The molecule has 0 saturated carbocycles. The van der Waals surface area contributed by atoms with Gasteiger partial charge in [0.2, 0.25) is 0 Å². The number of amidine groups is 1. The van der Waals surface area contributed by atoms with Crippen molar-refractivity contribution in [2.75, 3.05) is 24.6 Å². The molecule has 2 nitrogen and oxygen atoms in total. The van der Waals surface area contributed by atoms with Crippen LogP contribution in [-0.4, -0.2) is 30.4 Å². The number of thioether (sulfide) groups is 1. The smallest absolute Gasteiger partial charge is 0.0963 e. The Morgan fingerprint density at radius 3 is 3.15 bits per heavy atom. The van der Waals surface area contributed by atoms with E-state index in [1.807, 2.05) is 0 Å². The monoisotopic (exact) mass is 196 g/mol. The summed E-state index contributed by atoms with van der Waals surface area (Å²) in [6.45, 7) is 1.99. The molecule has 0 fully saturated rings. The number of rotatable bonds is 4. The van der Waals surface area contributed by atoms with E-state index in [1.54, 1.807) is 11.8 Å². The van der Waals surface area contributed by atoms with Crippen LogP contribution in [0.5, 0.6) is 0 Å². The summed E-state index contributed by atoms with van der Waals surface area (Å²) >= 11 is 1.79. The zero-order valence-corrected chi connectivity index (χ0v) is 8.70. The molecule has 0 unspecified atom stereocenters. The molecule has 1 aliphatic rings. The standard InChI is InChI=1S/C10H16N2S/c1-2-8-13-9-7-12-10-5-3-4-6-11-10/h1H,3-9H2,(H,11,12). The van der Waals surface area contributed by atoms with Crippen molar-refractivity contribution >= 4 is 17.6 Å². The number of hydrogen-bond donors (Lipinski definition) is 1. The van der Waals surface area contributed by atoms with Gasteiger partial charge in [0.1, 0.15) is 0 Å². The van der Waals surface area contributed by atoms with Crippen molar-refractivity contribution in [3.63, 3.8) is 0 Å². The van der Waals surface area contributed by atoms with E-state index in [1.165, 1.54) is 18.7 Å². The van der Waals surface area contributed by atoms with Crippen molar-refractivity contribution in [3.05, 3.63) is 0 Å². The van der Waals surface area contributed by atoms with E-state index in [4.69, 9.17) is 6.42 Å². The van der Waals surface area contributed by atoms with Gasteiger partial charge in [-0.15, -0.1) is 18.2 Å². The molecule has 0 aliphatic carbocycles. The van der Waals surface area contributed by atoms with Gasteiger partial charge in [-0.2, -0.15) is 0 Å². The lowest BCUT2D eigenvalue weighted by Crippen LogP contribution is -2.27. The van der Waals surface area contributed by atoms with Gasteiger partial charge >= 0.3 is 0 Å². The van der Waals surface area contributed by atoms with E-state index in [0.29, 0.717) is 0 Å². The number of nitrogens with one attached hydrogen (secondary N) is 1. The van der Waals surface area contributed by atoms with Crippen molar-refractivity contribution < 1.29 is 0 Å². The zero-order valence-electron chi connectivity index (χ0n) is 7.88. The molecule has 1 aliphatic heterocycles. The second-order valence-electron chi connectivity index (χ2n) is 2.97. The molecule has 0 aromatic rings. The average molecular weight is 196 g/mol. The van der Waals surface area contributed by atoms with Crippen LogP contribution in [0.2, 0.25) is 0 Å². The minimum atomic E-state index is 0.814. The molecule has 0 spiro atoms. The van der Waals surface area contributed by atoms with Gasteiger partial charge in [0.25, 0.3) is 0 Å². The first-order chi connectivity index (χ1) is 6.43. The summed E-state index contributed by atoms with van der Waals surface area (Å²) in [5, 5.41) is 3.34. The maximum absolute atomic E-state index is 5.14. The highest BCUT2D eigenvalue weighted by Crippen LogP contribution is 2.04. The number of hydrogen-bond acceptors (Lipinski definition) is 3. The summed E-state index contributed by atoms with van der Waals surface area (Å²) < 4.78 is 0. The normalized spacial score (nSPS) is 16.1. The summed E-state index contributed by atoms with van der Waals surface area (Å²) in [7, 11) is 0. The molecule has 0 radical (unpaired) electrons. The molecule has 0 atom stereocenters. The van der Waals surface area contributed by atoms with Crippen LogP contribution in [0.3, 0.4) is 0 Å². The van der Waals surface area contributed by atoms with Gasteiger partial charge in [-0.25, -0.2) is 0 Å². The molecule has 0 bridgehead atoms. The van der Waals surface area contributed by atoms with Crippen LogP contribution < -0.4 is 5.32 Å². The molecule has 0 saturated heterocycles. The Hall–Kier alpha value is -0.620. The Labute approximate surface area is 84.6 Å². The van der Waals surface area contributed by atoms with E-state index < -0.39 is 0 Å². The Morgan fingerprint density at radius 1 is 1.54 bits per heavy atom. The van der Waals surface area contributed by atoms with Gasteiger partial charge in [0.15, 0.2) is 0 Å². The predicted molar refractivity (Wildman–Crippen MR) is 60.3 cm³/mol. The molecule has 13 heavy (non-hydrogen) atoms. The molecule has 0 aromatic carbocycles. The minimum absolute atomic E-state index is 0.814. The molecule has 0 amide bonds. The highest BCUT2D eigenvalue weighted by Gasteiger charge is 2.02. The lowest BCUT2D eigenvalue weighted by atomic mass is 10.2. The highest BCUT2D eigenvalue weighted by molar-refractivity contribution is 7.99. The number of nitrogens with zero attached hydrogens (tertiary/aromatic N) is 1. The minimum Gasteiger partial charge on any atom is -0.373 e. The topological polar surface area (TPSA) is 24.4 Å². The van der Waals surface area contributed by atoms with Gasteiger partial charge in [0.05, 0.1) is 11.6 Å². The Kier molecular flexibility index (Phi) is 5.51. The molecule has 72 valence electrons. The van der Waals surface area contributed by atoms with E-state index in [0.717, 1.165) is 31.0 Å². The van der Waals surface area contributed by atoms with Crippen LogP contribution >= 0.6 is 11.8 Å². The lowest BCUT2D eigenvalue weighted by Gasteiger charge is -2.13. The number of aliphatic imine (C=N–C) groups is 1. The zero-order chi connectivity index (χ0) is 9.36. The molecule has 3 heteroatoms. The fourth-order valence-corrected chi connectivity index (χ4v) is 1.75. The summed E-state index contributed by atoms with van der Waals surface area (Å²) in [4.78, 5) is 4.40. The predicted octanol–water partition coefficient (Wildman–Crippen LogP) is 1.52. The SMILES string of the molecule is C#CCSCCNC1=NCCCC1. The Morgan fingerprint density at radius 2 is 2.46 bits per heavy atom. The average Bonchev–Trinajstić information content (AvgIpc) is 2.19. The highest BCUT2D eigenvalue weighted by atomic mass is 32.2. The Balaban J connectivity index is 1.99. The first-order valence-electron chi connectivity index (χ1n) is 4.72. The Bertz CT molecular complexity index is 205. The van der Waals surface area contributed by atoms with Crippen molar-refractivity contribution in [3.8, 4) is 12.3 Å². The quantitative estimate of drug-likeness (QED) is 0.544. The van der Waals surface area contributed by atoms with E-state index in [9.17, 15) is 0 Å². The van der Waals surface area contributed by atoms with Gasteiger partial charge in [0, 0.05) is 25.3 Å². The summed E-state index contributed by atoms with van der Waals surface area (Å²) in [6.07, 6.45) is 8.79. The molecular weight excluding hydrogens is 180 g/mol. The van der Waals surface area contributed by atoms with Crippen molar-refractivity contribution in [1.29, 1.82) is 0 Å². The third-order valence-corrected chi connectivity index (χ3v) is 2.75. The van der Waals surface area contributed by atoms with Crippen molar-refractivity contribution in [2.45, 2.75) is 19.3 Å². The third-order valence-electron chi connectivity index (χ3n) is 1.89. The van der Waals surface area contributed by atoms with Crippen LogP contribution in [0.4, 0.5) is 0 Å². The first-order valence-corrected chi connectivity index (χ1v) is 5.87. The fourth-order valence-electron chi connectivity index (χ4n) is 1.24. The second-order valence-corrected chi connectivity index (χ2v) is 4.07. The maximum atomic E-state index is 5.14. The second kappa shape index (κ2) is 6.85. The van der Waals surface area contributed by atoms with Crippen molar-refractivity contribution in [1.82, 2.24) is 5.32 Å². The van der Waals surface area contributed by atoms with E-state index in [-0.39, 0.29) is 0 Å². The van der Waals surface area contributed by atoms with Crippen LogP contribution in [0.25, 0.3) is 0 Å². The molecule has 1 N–H and O–H groups in total. The van der Waals surface area contributed by atoms with Gasteiger partial charge < -0.3 is 5.32 Å². The van der Waals surface area contributed by atoms with Crippen molar-refractivity contribution in [2.24, 2.45) is 4.99 Å².